The number of aromatic carboxylic acids is 1. The van der Waals surface area contributed by atoms with E-state index in [2.05, 4.69) is 0 Å². The van der Waals surface area contributed by atoms with Crippen molar-refractivity contribution in [1.29, 1.82) is 0 Å². The molecule has 0 amide bonds. The number of carboxylic acid groups (broad SMARTS) is 1. The van der Waals surface area contributed by atoms with Crippen molar-refractivity contribution < 1.29 is 30.0 Å². The van der Waals surface area contributed by atoms with Crippen LogP contribution in [0.3, 0.4) is 0 Å². The van der Waals surface area contributed by atoms with Gasteiger partial charge in [0.15, 0.2) is 0 Å². The van der Waals surface area contributed by atoms with Gasteiger partial charge < -0.3 is 25.2 Å². The Hall–Kier alpha value is 0.516. The Bertz CT molecular complexity index is 454. The van der Waals surface area contributed by atoms with Crippen molar-refractivity contribution >= 4 is 69.1 Å². The van der Waals surface area contributed by atoms with Gasteiger partial charge in [0.1, 0.15) is 23.7 Å². The number of hydrogen-bond acceptors (Lipinski definition) is 6. The molecule has 0 aromatic heterocycles. The second kappa shape index (κ2) is 8.23. The van der Waals surface area contributed by atoms with Gasteiger partial charge in [-0.15, -0.1) is 0 Å². The number of benzene rings is 1. The molecule has 0 unspecified atom stereocenters. The molecule has 1 saturated heterocycles. The molecule has 0 bridgehead atoms. The van der Waals surface area contributed by atoms with E-state index < -0.39 is 29.7 Å². The summed E-state index contributed by atoms with van der Waals surface area (Å²) in [6.07, 6.45) is -3.54. The van der Waals surface area contributed by atoms with Crippen LogP contribution in [0, 0.1) is 0 Å². The average Bonchev–Trinajstić information content (AvgIpc) is 2.40. The number of thioether (sulfide) groups is 1. The number of aliphatic hydroxyl groups is 3. The third-order valence-corrected chi connectivity index (χ3v) is 4.00. The van der Waals surface area contributed by atoms with E-state index in [0.29, 0.717) is 4.90 Å². The normalized spacial score (nSPS) is 29.6. The Kier molecular flexibility index (Phi) is 7.64. The van der Waals surface area contributed by atoms with Gasteiger partial charge in [0.2, 0.25) is 0 Å². The van der Waals surface area contributed by atoms with Gasteiger partial charge in [-0.3, -0.25) is 0 Å². The second-order valence-corrected chi connectivity index (χ2v) is 5.37. The molecule has 1 aliphatic heterocycles. The molecule has 20 heavy (non-hydrogen) atoms. The molecule has 0 saturated carbocycles. The standard InChI is InChI=1S/C12H14O6S.K.H/c13-8-5-18-12(10(15)9(8)14)19-7-3-1-6(2-4-7)11(16)17;;/h1-4,8-10,12-15H,5H2,(H,16,17);;/t8-,9+,10-,12+;;/m1../s1. The molecule has 0 radical (unpaired) electrons. The average molecular weight is 326 g/mol. The summed E-state index contributed by atoms with van der Waals surface area (Å²) in [6.45, 7) is -0.0525. The fraction of sp³-hybridized carbons (Fsp3) is 0.417. The monoisotopic (exact) mass is 326 g/mol. The Morgan fingerprint density at radius 1 is 1.15 bits per heavy atom. The molecule has 1 heterocycles. The number of rotatable bonds is 3. The number of hydrogen-bond donors (Lipinski definition) is 4. The Morgan fingerprint density at radius 2 is 1.75 bits per heavy atom. The van der Waals surface area contributed by atoms with Gasteiger partial charge in [-0.25, -0.2) is 4.79 Å². The summed E-state index contributed by atoms with van der Waals surface area (Å²) < 4.78 is 5.24. The van der Waals surface area contributed by atoms with Gasteiger partial charge in [0, 0.05) is 4.90 Å². The first-order valence-electron chi connectivity index (χ1n) is 5.65. The van der Waals surface area contributed by atoms with Crippen LogP contribution in [0.1, 0.15) is 10.4 Å². The van der Waals surface area contributed by atoms with Gasteiger partial charge >= 0.3 is 57.4 Å². The van der Waals surface area contributed by atoms with Crippen molar-refractivity contribution in [2.45, 2.75) is 28.6 Å². The molecule has 6 nitrogen and oxygen atoms in total. The minimum atomic E-state index is -1.25. The van der Waals surface area contributed by atoms with Crippen LogP contribution in [-0.4, -0.2) is 108 Å². The molecule has 0 aliphatic carbocycles. The predicted molar refractivity (Wildman–Crippen MR) is 74.2 cm³/mol. The van der Waals surface area contributed by atoms with Gasteiger partial charge in [-0.05, 0) is 24.3 Å². The van der Waals surface area contributed by atoms with E-state index in [1.165, 1.54) is 12.1 Å². The van der Waals surface area contributed by atoms with Crippen LogP contribution >= 0.6 is 11.8 Å². The van der Waals surface area contributed by atoms with Gasteiger partial charge in [-0.1, -0.05) is 11.8 Å². The molecular formula is C12H15KO6S. The van der Waals surface area contributed by atoms with Gasteiger partial charge in [0.25, 0.3) is 0 Å². The molecule has 1 aromatic carbocycles. The van der Waals surface area contributed by atoms with E-state index in [1.807, 2.05) is 0 Å². The molecule has 1 aliphatic rings. The van der Waals surface area contributed by atoms with E-state index >= 15 is 0 Å². The Labute approximate surface area is 162 Å². The second-order valence-electron chi connectivity index (χ2n) is 4.20. The first-order chi connectivity index (χ1) is 8.99. The summed E-state index contributed by atoms with van der Waals surface area (Å²) in [5.41, 5.74) is -0.529. The number of carboxylic acids is 1. The van der Waals surface area contributed by atoms with Crippen molar-refractivity contribution in [1.82, 2.24) is 0 Å². The number of aliphatic hydroxyl groups excluding tert-OH is 3. The molecule has 2 rings (SSSR count). The fourth-order valence-electron chi connectivity index (χ4n) is 1.69. The van der Waals surface area contributed by atoms with Crippen molar-refractivity contribution in [3.05, 3.63) is 29.8 Å². The first kappa shape index (κ1) is 18.6. The van der Waals surface area contributed by atoms with E-state index in [-0.39, 0.29) is 63.6 Å². The van der Waals surface area contributed by atoms with E-state index in [4.69, 9.17) is 9.84 Å². The summed E-state index contributed by atoms with van der Waals surface area (Å²) in [5.74, 6) is -1.01. The van der Waals surface area contributed by atoms with Gasteiger partial charge in [-0.2, -0.15) is 0 Å². The SMILES string of the molecule is O=C(O)c1ccc(S[C@@H]2OC[C@@H](O)[C@H](O)[C@H]2O)cc1.[KH]. The maximum absolute atomic E-state index is 10.7. The molecule has 8 heteroatoms. The number of carbonyl (C=O) groups is 1. The summed E-state index contributed by atoms with van der Waals surface area (Å²) in [7, 11) is 0. The van der Waals surface area contributed by atoms with E-state index in [0.717, 1.165) is 11.8 Å². The summed E-state index contributed by atoms with van der Waals surface area (Å²) in [4.78, 5) is 11.4. The minimum absolute atomic E-state index is 0. The van der Waals surface area contributed by atoms with Crippen molar-refractivity contribution in [3.8, 4) is 0 Å². The zero-order valence-corrected chi connectivity index (χ0v) is 10.7. The molecule has 4 N–H and O–H groups in total. The van der Waals surface area contributed by atoms with Crippen molar-refractivity contribution in [3.63, 3.8) is 0 Å². The fourth-order valence-corrected chi connectivity index (χ4v) is 2.70. The summed E-state index contributed by atoms with van der Waals surface area (Å²) in [6, 6.07) is 6.10. The van der Waals surface area contributed by atoms with Crippen LogP contribution in [0.4, 0.5) is 0 Å². The van der Waals surface area contributed by atoms with Crippen molar-refractivity contribution in [2.75, 3.05) is 6.61 Å². The third-order valence-electron chi connectivity index (χ3n) is 2.81. The van der Waals surface area contributed by atoms with Crippen LogP contribution in [0.25, 0.3) is 0 Å². The maximum atomic E-state index is 10.7. The molecule has 1 aromatic rings. The van der Waals surface area contributed by atoms with Crippen LogP contribution in [0.15, 0.2) is 29.2 Å². The molecule has 1 fully saturated rings. The predicted octanol–water partition coefficient (Wildman–Crippen LogP) is -0.733. The molecule has 4 atom stereocenters. The van der Waals surface area contributed by atoms with Crippen LogP contribution in [0.5, 0.6) is 0 Å². The number of ether oxygens (including phenoxy) is 1. The zero-order valence-electron chi connectivity index (χ0n) is 9.84. The van der Waals surface area contributed by atoms with Crippen LogP contribution in [0.2, 0.25) is 0 Å². The zero-order chi connectivity index (χ0) is 14.0. The Morgan fingerprint density at radius 3 is 2.30 bits per heavy atom. The quantitative estimate of drug-likeness (QED) is 0.542. The van der Waals surface area contributed by atoms with E-state index in [1.54, 1.807) is 12.1 Å². The summed E-state index contributed by atoms with van der Waals surface area (Å²) in [5, 5.41) is 37.4. The van der Waals surface area contributed by atoms with E-state index in [9.17, 15) is 20.1 Å². The van der Waals surface area contributed by atoms with Gasteiger partial charge in [0.05, 0.1) is 12.2 Å². The molecule has 0 spiro atoms. The van der Waals surface area contributed by atoms with Crippen LogP contribution in [-0.2, 0) is 4.74 Å². The molecule has 106 valence electrons. The third kappa shape index (κ3) is 4.50. The van der Waals surface area contributed by atoms with Crippen LogP contribution < -0.4 is 0 Å². The summed E-state index contributed by atoms with van der Waals surface area (Å²) >= 11 is 1.16. The van der Waals surface area contributed by atoms with Crippen molar-refractivity contribution in [2.24, 2.45) is 0 Å². The molecular weight excluding hydrogens is 311 g/mol. The first-order valence-corrected chi connectivity index (χ1v) is 6.53. The Balaban J connectivity index is 0.00000200. The topological polar surface area (TPSA) is 107 Å².